The number of amides is 2. The van der Waals surface area contributed by atoms with Gasteiger partial charge < -0.3 is 20.1 Å². The van der Waals surface area contributed by atoms with Gasteiger partial charge in [0.1, 0.15) is 0 Å². The van der Waals surface area contributed by atoms with Gasteiger partial charge in [-0.05, 0) is 43.3 Å². The molecule has 132 valence electrons. The van der Waals surface area contributed by atoms with Crippen molar-refractivity contribution in [2.75, 3.05) is 26.1 Å². The molecule has 0 fully saturated rings. The van der Waals surface area contributed by atoms with Crippen LogP contribution in [-0.4, -0.2) is 32.6 Å². The van der Waals surface area contributed by atoms with Gasteiger partial charge in [0.15, 0.2) is 11.5 Å². The quantitative estimate of drug-likeness (QED) is 0.826. The molecule has 0 saturated carbocycles. The van der Waals surface area contributed by atoms with Gasteiger partial charge in [-0.2, -0.15) is 0 Å². The maximum atomic E-state index is 12.4. The molecule has 0 aromatic heterocycles. The SMILES string of the molecule is CCOc1c(Cl)cc(C(=O)Nc2ccc(C(=O)NC)cc2)cc1OC. The lowest BCUT2D eigenvalue weighted by atomic mass is 10.1. The van der Waals surface area contributed by atoms with Gasteiger partial charge in [-0.15, -0.1) is 0 Å². The van der Waals surface area contributed by atoms with E-state index in [2.05, 4.69) is 10.6 Å². The fourth-order valence-electron chi connectivity index (χ4n) is 2.19. The Morgan fingerprint density at radius 2 is 1.76 bits per heavy atom. The number of nitrogens with one attached hydrogen (secondary N) is 2. The smallest absolute Gasteiger partial charge is 0.255 e. The second kappa shape index (κ2) is 8.39. The molecule has 0 bridgehead atoms. The van der Waals surface area contributed by atoms with Crippen molar-refractivity contribution in [3.8, 4) is 11.5 Å². The first-order valence-electron chi connectivity index (χ1n) is 7.64. The highest BCUT2D eigenvalue weighted by molar-refractivity contribution is 6.32. The van der Waals surface area contributed by atoms with Crippen LogP contribution in [0.3, 0.4) is 0 Å². The molecule has 2 rings (SSSR count). The molecular formula is C18H19ClN2O4. The average Bonchev–Trinajstić information content (AvgIpc) is 2.63. The van der Waals surface area contributed by atoms with E-state index in [4.69, 9.17) is 21.1 Å². The summed E-state index contributed by atoms with van der Waals surface area (Å²) in [4.78, 5) is 24.0. The van der Waals surface area contributed by atoms with Crippen LogP contribution < -0.4 is 20.1 Å². The first-order chi connectivity index (χ1) is 12.0. The Morgan fingerprint density at radius 1 is 1.08 bits per heavy atom. The molecule has 25 heavy (non-hydrogen) atoms. The van der Waals surface area contributed by atoms with Crippen LogP contribution in [0.1, 0.15) is 27.6 Å². The zero-order valence-electron chi connectivity index (χ0n) is 14.2. The molecule has 0 spiro atoms. The summed E-state index contributed by atoms with van der Waals surface area (Å²) in [5.41, 5.74) is 1.40. The number of hydrogen-bond donors (Lipinski definition) is 2. The monoisotopic (exact) mass is 362 g/mol. The lowest BCUT2D eigenvalue weighted by molar-refractivity contribution is 0.0962. The molecule has 0 aliphatic heterocycles. The highest BCUT2D eigenvalue weighted by Gasteiger charge is 2.16. The van der Waals surface area contributed by atoms with Crippen LogP contribution in [0.15, 0.2) is 36.4 Å². The number of ether oxygens (including phenoxy) is 2. The van der Waals surface area contributed by atoms with Gasteiger partial charge in [-0.1, -0.05) is 11.6 Å². The third-order valence-corrected chi connectivity index (χ3v) is 3.69. The third kappa shape index (κ3) is 4.42. The minimum Gasteiger partial charge on any atom is -0.493 e. The molecule has 0 heterocycles. The van der Waals surface area contributed by atoms with Crippen molar-refractivity contribution in [2.45, 2.75) is 6.92 Å². The van der Waals surface area contributed by atoms with E-state index in [0.717, 1.165) is 0 Å². The Labute approximate surface area is 151 Å². The molecule has 2 amide bonds. The summed E-state index contributed by atoms with van der Waals surface area (Å²) in [6, 6.07) is 9.63. The van der Waals surface area contributed by atoms with Crippen molar-refractivity contribution >= 4 is 29.1 Å². The fourth-order valence-corrected chi connectivity index (χ4v) is 2.45. The van der Waals surface area contributed by atoms with Crippen LogP contribution in [0.5, 0.6) is 11.5 Å². The van der Waals surface area contributed by atoms with Crippen molar-refractivity contribution in [1.29, 1.82) is 0 Å². The first-order valence-corrected chi connectivity index (χ1v) is 8.01. The van der Waals surface area contributed by atoms with Gasteiger partial charge in [-0.25, -0.2) is 0 Å². The van der Waals surface area contributed by atoms with Crippen LogP contribution in [0.4, 0.5) is 5.69 Å². The lowest BCUT2D eigenvalue weighted by Crippen LogP contribution is -2.18. The van der Waals surface area contributed by atoms with E-state index in [0.29, 0.717) is 39.9 Å². The predicted octanol–water partition coefficient (Wildman–Crippen LogP) is 3.36. The number of benzene rings is 2. The zero-order valence-corrected chi connectivity index (χ0v) is 14.9. The molecule has 2 N–H and O–H groups in total. The number of halogens is 1. The summed E-state index contributed by atoms with van der Waals surface area (Å²) in [7, 11) is 3.04. The third-order valence-electron chi connectivity index (χ3n) is 3.41. The number of carbonyl (C=O) groups is 2. The molecule has 0 aliphatic carbocycles. The maximum absolute atomic E-state index is 12.4. The lowest BCUT2D eigenvalue weighted by Gasteiger charge is -2.13. The summed E-state index contributed by atoms with van der Waals surface area (Å²) in [6.07, 6.45) is 0. The highest BCUT2D eigenvalue weighted by Crippen LogP contribution is 2.36. The number of hydrogen-bond acceptors (Lipinski definition) is 4. The van der Waals surface area contributed by atoms with Crippen molar-refractivity contribution in [3.63, 3.8) is 0 Å². The van der Waals surface area contributed by atoms with Crippen LogP contribution in [-0.2, 0) is 0 Å². The van der Waals surface area contributed by atoms with E-state index in [1.165, 1.54) is 13.2 Å². The molecule has 0 radical (unpaired) electrons. The van der Waals surface area contributed by atoms with E-state index < -0.39 is 0 Å². The second-order valence-electron chi connectivity index (χ2n) is 5.03. The number of methoxy groups -OCH3 is 1. The molecule has 0 atom stereocenters. The molecule has 0 saturated heterocycles. The second-order valence-corrected chi connectivity index (χ2v) is 5.44. The fraction of sp³-hybridized carbons (Fsp3) is 0.222. The number of anilines is 1. The maximum Gasteiger partial charge on any atom is 0.255 e. The van der Waals surface area contributed by atoms with Crippen molar-refractivity contribution in [3.05, 3.63) is 52.5 Å². The highest BCUT2D eigenvalue weighted by atomic mass is 35.5. The van der Waals surface area contributed by atoms with Crippen LogP contribution in [0.2, 0.25) is 5.02 Å². The Balaban J connectivity index is 2.20. The summed E-state index contributed by atoms with van der Waals surface area (Å²) in [5, 5.41) is 5.57. The van der Waals surface area contributed by atoms with Gasteiger partial charge in [0.05, 0.1) is 18.7 Å². The average molecular weight is 363 g/mol. The zero-order chi connectivity index (χ0) is 18.4. The van der Waals surface area contributed by atoms with E-state index >= 15 is 0 Å². The predicted molar refractivity (Wildman–Crippen MR) is 97.0 cm³/mol. The number of rotatable bonds is 6. The Hall–Kier alpha value is -2.73. The van der Waals surface area contributed by atoms with Crippen LogP contribution in [0, 0.1) is 0 Å². The summed E-state index contributed by atoms with van der Waals surface area (Å²) in [5.74, 6) is 0.240. The normalized spacial score (nSPS) is 10.1. The van der Waals surface area contributed by atoms with Gasteiger partial charge in [0, 0.05) is 23.9 Å². The molecular weight excluding hydrogens is 344 g/mol. The van der Waals surface area contributed by atoms with Gasteiger partial charge in [-0.3, -0.25) is 9.59 Å². The summed E-state index contributed by atoms with van der Waals surface area (Å²) < 4.78 is 10.7. The topological polar surface area (TPSA) is 76.7 Å². The van der Waals surface area contributed by atoms with Gasteiger partial charge >= 0.3 is 0 Å². The largest absolute Gasteiger partial charge is 0.493 e. The molecule has 2 aromatic carbocycles. The molecule has 2 aromatic rings. The van der Waals surface area contributed by atoms with E-state index in [9.17, 15) is 9.59 Å². The molecule has 6 nitrogen and oxygen atoms in total. The molecule has 7 heteroatoms. The van der Waals surface area contributed by atoms with Gasteiger partial charge in [0.2, 0.25) is 0 Å². The van der Waals surface area contributed by atoms with E-state index in [1.54, 1.807) is 37.4 Å². The Kier molecular flexibility index (Phi) is 6.25. The van der Waals surface area contributed by atoms with Crippen molar-refractivity contribution in [2.24, 2.45) is 0 Å². The number of carbonyl (C=O) groups excluding carboxylic acids is 2. The minimum absolute atomic E-state index is 0.194. The van der Waals surface area contributed by atoms with E-state index in [1.807, 2.05) is 6.92 Å². The van der Waals surface area contributed by atoms with Crippen LogP contribution in [0.25, 0.3) is 0 Å². The molecule has 0 unspecified atom stereocenters. The summed E-state index contributed by atoms with van der Waals surface area (Å²) >= 11 is 6.18. The minimum atomic E-state index is -0.351. The van der Waals surface area contributed by atoms with Crippen LogP contribution >= 0.6 is 11.6 Å². The first kappa shape index (κ1) is 18.6. The van der Waals surface area contributed by atoms with Gasteiger partial charge in [0.25, 0.3) is 11.8 Å². The Bertz CT molecular complexity index is 775. The molecule has 0 aliphatic rings. The van der Waals surface area contributed by atoms with E-state index in [-0.39, 0.29) is 11.8 Å². The Morgan fingerprint density at radius 3 is 2.32 bits per heavy atom. The summed E-state index contributed by atoms with van der Waals surface area (Å²) in [6.45, 7) is 2.26. The van der Waals surface area contributed by atoms with Crippen molar-refractivity contribution < 1.29 is 19.1 Å². The standard InChI is InChI=1S/C18H19ClN2O4/c1-4-25-16-14(19)9-12(10-15(16)24-3)18(23)21-13-7-5-11(6-8-13)17(22)20-2/h5-10H,4H2,1-3H3,(H,20,22)(H,21,23). The van der Waals surface area contributed by atoms with Crippen molar-refractivity contribution in [1.82, 2.24) is 5.32 Å².